The molecule has 1 aromatic heterocycles. The molecule has 0 saturated heterocycles. The Labute approximate surface area is 147 Å². The van der Waals surface area contributed by atoms with Gasteiger partial charge in [-0.05, 0) is 37.1 Å². The Bertz CT molecular complexity index is 836. The van der Waals surface area contributed by atoms with E-state index in [9.17, 15) is 4.79 Å². The van der Waals surface area contributed by atoms with Crippen molar-refractivity contribution < 1.29 is 9.53 Å². The molecule has 5 heteroatoms. The van der Waals surface area contributed by atoms with Crippen LogP contribution >= 0.6 is 0 Å². The van der Waals surface area contributed by atoms with E-state index in [0.717, 1.165) is 28.1 Å². The van der Waals surface area contributed by atoms with Crippen molar-refractivity contribution in [3.8, 4) is 11.4 Å². The van der Waals surface area contributed by atoms with E-state index in [1.807, 2.05) is 68.6 Å². The summed E-state index contributed by atoms with van der Waals surface area (Å²) in [6.45, 7) is 4.36. The van der Waals surface area contributed by atoms with E-state index < -0.39 is 0 Å². The zero-order chi connectivity index (χ0) is 17.6. The lowest BCUT2D eigenvalue weighted by Crippen LogP contribution is -2.28. The van der Waals surface area contributed by atoms with E-state index in [1.54, 1.807) is 10.9 Å². The van der Waals surface area contributed by atoms with Gasteiger partial charge in [0.15, 0.2) is 6.61 Å². The van der Waals surface area contributed by atoms with Crippen LogP contribution in [0.1, 0.15) is 16.7 Å². The van der Waals surface area contributed by atoms with Gasteiger partial charge in [0.05, 0.1) is 11.9 Å². The van der Waals surface area contributed by atoms with Crippen molar-refractivity contribution in [2.75, 3.05) is 6.61 Å². The average molecular weight is 335 g/mol. The molecule has 0 aliphatic rings. The quantitative estimate of drug-likeness (QED) is 0.753. The van der Waals surface area contributed by atoms with Crippen molar-refractivity contribution in [1.82, 2.24) is 15.1 Å². The Morgan fingerprint density at radius 2 is 1.80 bits per heavy atom. The number of aryl methyl sites for hydroxylation is 2. The molecule has 0 aliphatic heterocycles. The van der Waals surface area contributed by atoms with Gasteiger partial charge >= 0.3 is 0 Å². The topological polar surface area (TPSA) is 56.1 Å². The van der Waals surface area contributed by atoms with Crippen molar-refractivity contribution >= 4 is 5.91 Å². The first-order valence-corrected chi connectivity index (χ1v) is 8.18. The molecule has 0 bridgehead atoms. The maximum atomic E-state index is 12.0. The molecule has 1 heterocycles. The second-order valence-corrected chi connectivity index (χ2v) is 5.92. The molecule has 25 heavy (non-hydrogen) atoms. The zero-order valence-electron chi connectivity index (χ0n) is 14.4. The van der Waals surface area contributed by atoms with E-state index >= 15 is 0 Å². The molecule has 1 N–H and O–H groups in total. The summed E-state index contributed by atoms with van der Waals surface area (Å²) in [6, 6.07) is 15.8. The van der Waals surface area contributed by atoms with Crippen LogP contribution in [0.15, 0.2) is 60.9 Å². The van der Waals surface area contributed by atoms with Gasteiger partial charge in [-0.1, -0.05) is 36.4 Å². The van der Waals surface area contributed by atoms with Gasteiger partial charge in [-0.3, -0.25) is 4.79 Å². The molecule has 0 fully saturated rings. The standard InChI is InChI=1S/C20H21N3O2/c1-15-7-6-8-16(2)20(15)25-14-19(24)21-11-17-12-22-23(13-17)18-9-4-3-5-10-18/h3-10,12-13H,11,14H2,1-2H3,(H,21,24). The summed E-state index contributed by atoms with van der Waals surface area (Å²) < 4.78 is 7.45. The molecule has 3 aromatic rings. The first-order valence-electron chi connectivity index (χ1n) is 8.18. The lowest BCUT2D eigenvalue weighted by atomic mass is 10.1. The van der Waals surface area contributed by atoms with E-state index in [2.05, 4.69) is 10.4 Å². The molecule has 0 aliphatic carbocycles. The van der Waals surface area contributed by atoms with Gasteiger partial charge in [-0.25, -0.2) is 4.68 Å². The summed E-state index contributed by atoms with van der Waals surface area (Å²) in [4.78, 5) is 12.0. The molecule has 3 rings (SSSR count). The minimum atomic E-state index is -0.157. The van der Waals surface area contributed by atoms with Gasteiger partial charge in [0, 0.05) is 18.3 Å². The highest BCUT2D eigenvalue weighted by Crippen LogP contribution is 2.22. The van der Waals surface area contributed by atoms with Crippen molar-refractivity contribution in [1.29, 1.82) is 0 Å². The first-order chi connectivity index (χ1) is 12.1. The number of carbonyl (C=O) groups excluding carboxylic acids is 1. The molecule has 128 valence electrons. The second kappa shape index (κ2) is 7.66. The van der Waals surface area contributed by atoms with E-state index in [1.165, 1.54) is 0 Å². The number of hydrogen-bond donors (Lipinski definition) is 1. The lowest BCUT2D eigenvalue weighted by molar-refractivity contribution is -0.123. The van der Waals surface area contributed by atoms with E-state index in [-0.39, 0.29) is 12.5 Å². The molecular weight excluding hydrogens is 314 g/mol. The van der Waals surface area contributed by atoms with Crippen LogP contribution in [0.25, 0.3) is 5.69 Å². The molecule has 0 radical (unpaired) electrons. The van der Waals surface area contributed by atoms with Crippen molar-refractivity contribution in [2.45, 2.75) is 20.4 Å². The average Bonchev–Trinajstić information content (AvgIpc) is 3.09. The largest absolute Gasteiger partial charge is 0.483 e. The maximum absolute atomic E-state index is 12.0. The summed E-state index contributed by atoms with van der Waals surface area (Å²) in [6.07, 6.45) is 3.65. The third-order valence-corrected chi connectivity index (χ3v) is 3.90. The Morgan fingerprint density at radius 3 is 2.52 bits per heavy atom. The molecule has 0 unspecified atom stereocenters. The first kappa shape index (κ1) is 16.8. The van der Waals surface area contributed by atoms with E-state index in [4.69, 9.17) is 4.74 Å². The number of benzene rings is 2. The van der Waals surface area contributed by atoms with Gasteiger partial charge in [0.1, 0.15) is 5.75 Å². The minimum Gasteiger partial charge on any atom is -0.483 e. The Hall–Kier alpha value is -3.08. The number of para-hydroxylation sites is 2. The Morgan fingerprint density at radius 1 is 1.08 bits per heavy atom. The SMILES string of the molecule is Cc1cccc(C)c1OCC(=O)NCc1cnn(-c2ccccc2)c1. The van der Waals surface area contributed by atoms with Crippen LogP contribution in [0.2, 0.25) is 0 Å². The van der Waals surface area contributed by atoms with Crippen LogP contribution in [0, 0.1) is 13.8 Å². The highest BCUT2D eigenvalue weighted by atomic mass is 16.5. The van der Waals surface area contributed by atoms with Crippen LogP contribution in [-0.4, -0.2) is 22.3 Å². The van der Waals surface area contributed by atoms with Crippen LogP contribution < -0.4 is 10.1 Å². The number of nitrogens with zero attached hydrogens (tertiary/aromatic N) is 2. The molecular formula is C20H21N3O2. The summed E-state index contributed by atoms with van der Waals surface area (Å²) in [7, 11) is 0. The Kier molecular flexibility index (Phi) is 5.14. The number of carbonyl (C=O) groups is 1. The number of rotatable bonds is 6. The summed E-state index contributed by atoms with van der Waals surface area (Å²) in [5.41, 5.74) is 3.97. The van der Waals surface area contributed by atoms with Gasteiger partial charge in [-0.15, -0.1) is 0 Å². The van der Waals surface area contributed by atoms with Crippen molar-refractivity contribution in [2.24, 2.45) is 0 Å². The third kappa shape index (κ3) is 4.26. The highest BCUT2D eigenvalue weighted by Gasteiger charge is 2.08. The second-order valence-electron chi connectivity index (χ2n) is 5.92. The molecule has 5 nitrogen and oxygen atoms in total. The maximum Gasteiger partial charge on any atom is 0.258 e. The third-order valence-electron chi connectivity index (χ3n) is 3.90. The number of aromatic nitrogens is 2. The summed E-state index contributed by atoms with van der Waals surface area (Å²) >= 11 is 0. The number of ether oxygens (including phenoxy) is 1. The number of amides is 1. The molecule has 0 saturated carbocycles. The number of nitrogens with one attached hydrogen (secondary N) is 1. The minimum absolute atomic E-state index is 0.00147. The van der Waals surface area contributed by atoms with E-state index in [0.29, 0.717) is 6.54 Å². The van der Waals surface area contributed by atoms with Crippen LogP contribution in [0.5, 0.6) is 5.75 Å². The fraction of sp³-hybridized carbons (Fsp3) is 0.200. The van der Waals surface area contributed by atoms with Gasteiger partial charge < -0.3 is 10.1 Å². The van der Waals surface area contributed by atoms with Crippen LogP contribution in [-0.2, 0) is 11.3 Å². The predicted octanol–water partition coefficient (Wildman–Crippen LogP) is 3.18. The smallest absolute Gasteiger partial charge is 0.258 e. The normalized spacial score (nSPS) is 10.5. The van der Waals surface area contributed by atoms with Crippen molar-refractivity contribution in [3.05, 3.63) is 77.6 Å². The monoisotopic (exact) mass is 335 g/mol. The van der Waals surface area contributed by atoms with Crippen molar-refractivity contribution in [3.63, 3.8) is 0 Å². The summed E-state index contributed by atoms with van der Waals surface area (Å²) in [5, 5.41) is 7.17. The molecule has 0 spiro atoms. The number of hydrogen-bond acceptors (Lipinski definition) is 3. The zero-order valence-corrected chi connectivity index (χ0v) is 14.4. The van der Waals surface area contributed by atoms with Gasteiger partial charge in [0.25, 0.3) is 5.91 Å². The Balaban J connectivity index is 1.52. The van der Waals surface area contributed by atoms with Crippen LogP contribution in [0.4, 0.5) is 0 Å². The summed E-state index contributed by atoms with van der Waals surface area (Å²) in [5.74, 6) is 0.615. The molecule has 1 amide bonds. The predicted molar refractivity (Wildman–Crippen MR) is 96.8 cm³/mol. The highest BCUT2D eigenvalue weighted by molar-refractivity contribution is 5.77. The van der Waals surface area contributed by atoms with Crippen LogP contribution in [0.3, 0.4) is 0 Å². The fourth-order valence-electron chi connectivity index (χ4n) is 2.59. The lowest BCUT2D eigenvalue weighted by Gasteiger charge is -2.11. The fourth-order valence-corrected chi connectivity index (χ4v) is 2.59. The molecule has 2 aromatic carbocycles. The van der Waals surface area contributed by atoms with Gasteiger partial charge in [-0.2, -0.15) is 5.10 Å². The van der Waals surface area contributed by atoms with Gasteiger partial charge in [0.2, 0.25) is 0 Å². The molecule has 0 atom stereocenters.